The van der Waals surface area contributed by atoms with Gasteiger partial charge in [-0.25, -0.2) is 18.2 Å². The number of alkyl carbamates (subject to hydrolysis) is 1. The Balaban J connectivity index is 1.64. The van der Waals surface area contributed by atoms with Crippen molar-refractivity contribution >= 4 is 55.3 Å². The minimum atomic E-state index is -3.90. The zero-order valence-electron chi connectivity index (χ0n) is 27.9. The fourth-order valence-corrected chi connectivity index (χ4v) is 7.46. The molecule has 3 heterocycles. The lowest BCUT2D eigenvalue weighted by Crippen LogP contribution is -2.62. The number of nitrogens with one attached hydrogen (secondary N) is 3. The molecule has 15 heteroatoms. The van der Waals surface area contributed by atoms with Crippen molar-refractivity contribution in [3.8, 4) is 5.88 Å². The van der Waals surface area contributed by atoms with Gasteiger partial charge in [0.15, 0.2) is 0 Å². The third-order valence-electron chi connectivity index (χ3n) is 7.90. The number of fused-ring (bicyclic) bond motifs is 1. The van der Waals surface area contributed by atoms with Crippen LogP contribution in [0.2, 0.25) is 0 Å². The molecule has 47 heavy (non-hydrogen) atoms. The summed E-state index contributed by atoms with van der Waals surface area (Å²) in [7, 11) is -3.90. The molecule has 0 aromatic carbocycles. The largest absolute Gasteiger partial charge is 0.472 e. The highest BCUT2D eigenvalue weighted by molar-refractivity contribution is 7.91. The van der Waals surface area contributed by atoms with Crippen molar-refractivity contribution in [1.29, 1.82) is 0 Å². The van der Waals surface area contributed by atoms with E-state index in [9.17, 15) is 27.6 Å². The Morgan fingerprint density at radius 1 is 1.13 bits per heavy atom. The quantitative estimate of drug-likeness (QED) is 0.298. The molecule has 0 radical (unpaired) electrons. The van der Waals surface area contributed by atoms with Gasteiger partial charge in [-0.2, -0.15) is 0 Å². The smallest absolute Gasteiger partial charge is 0.408 e. The van der Waals surface area contributed by atoms with Crippen LogP contribution in [0.15, 0.2) is 36.4 Å². The van der Waals surface area contributed by atoms with Crippen LogP contribution < -0.4 is 20.1 Å². The molecule has 0 bridgehead atoms. The van der Waals surface area contributed by atoms with Crippen LogP contribution >= 0.6 is 11.3 Å². The first-order valence-electron chi connectivity index (χ1n) is 15.5. The van der Waals surface area contributed by atoms with Gasteiger partial charge in [-0.05, 0) is 69.9 Å². The fraction of sp³-hybridized carbons (Fsp3) is 0.594. The number of nitrogens with zero attached hydrogens (tertiary/aromatic N) is 2. The number of hydrogen-bond acceptors (Lipinski definition) is 10. The Labute approximate surface area is 279 Å². The van der Waals surface area contributed by atoms with E-state index in [4.69, 9.17) is 9.47 Å². The summed E-state index contributed by atoms with van der Waals surface area (Å²) >= 11 is 1.52. The number of pyridine rings is 1. The molecule has 4 atom stereocenters. The normalized spacial score (nSPS) is 20.5. The van der Waals surface area contributed by atoms with Crippen molar-refractivity contribution in [3.63, 3.8) is 0 Å². The monoisotopic (exact) mass is 691 g/mol. The number of amides is 4. The topological polar surface area (TPSA) is 173 Å². The maximum atomic E-state index is 14.3. The average Bonchev–Trinajstić information content (AvgIpc) is 3.55. The molecule has 0 unspecified atom stereocenters. The standard InChI is InChI=1S/C32H45N5O8S2/c1-9-14-32(8,28(40)36-47(42,43)20-10-11-20)35-25(38)22-17-19(44-26-21-13-16-46-23(21)12-15-33-26)18-37(22)27(39)24(30(2,3)4)34-29(41)45-31(5,6)7/h9,12-13,15-16,19-20,22,24H,1,10-11,14,17-18H2,2-8H3,(H,34,41)(H,35,38)(H,36,40)/t19-,22+,24-,32-/m1/s1. The Morgan fingerprint density at radius 2 is 1.81 bits per heavy atom. The van der Waals surface area contributed by atoms with Gasteiger partial charge in [0.1, 0.15) is 29.3 Å². The predicted molar refractivity (Wildman–Crippen MR) is 178 cm³/mol. The molecule has 258 valence electrons. The maximum Gasteiger partial charge on any atom is 0.408 e. The molecule has 13 nitrogen and oxygen atoms in total. The first-order valence-corrected chi connectivity index (χ1v) is 17.9. The molecular weight excluding hydrogens is 647 g/mol. The number of thiophene rings is 1. The third kappa shape index (κ3) is 8.80. The molecule has 2 aromatic rings. The van der Waals surface area contributed by atoms with Gasteiger partial charge in [0.25, 0.3) is 5.91 Å². The van der Waals surface area contributed by atoms with Crippen molar-refractivity contribution in [1.82, 2.24) is 25.2 Å². The SMILES string of the molecule is C=CC[C@@](C)(NC(=O)[C@@H]1C[C@@H](Oc2nccc3sccc23)CN1C(=O)[C@@H](NC(=O)OC(C)(C)C)C(C)(C)C)C(=O)NS(=O)(=O)C1CC1. The lowest BCUT2D eigenvalue weighted by molar-refractivity contribution is -0.143. The van der Waals surface area contributed by atoms with Crippen LogP contribution in [0.4, 0.5) is 4.79 Å². The van der Waals surface area contributed by atoms with E-state index in [0.29, 0.717) is 18.7 Å². The minimum absolute atomic E-state index is 0.0257. The van der Waals surface area contributed by atoms with Crippen LogP contribution in [0, 0.1) is 5.41 Å². The average molecular weight is 692 g/mol. The minimum Gasteiger partial charge on any atom is -0.472 e. The molecular formula is C32H45N5O8S2. The van der Waals surface area contributed by atoms with Gasteiger partial charge in [0.05, 0.1) is 17.2 Å². The van der Waals surface area contributed by atoms with Crippen LogP contribution in [0.3, 0.4) is 0 Å². The highest BCUT2D eigenvalue weighted by atomic mass is 32.2. The fourth-order valence-electron chi connectivity index (χ4n) is 5.28. The maximum absolute atomic E-state index is 14.3. The molecule has 1 aliphatic carbocycles. The summed E-state index contributed by atoms with van der Waals surface area (Å²) in [6.07, 6.45) is 2.41. The zero-order chi connectivity index (χ0) is 34.9. The number of sulfonamides is 1. The molecule has 2 aliphatic rings. The van der Waals surface area contributed by atoms with Crippen LogP contribution in [-0.4, -0.2) is 83.2 Å². The lowest BCUT2D eigenvalue weighted by Gasteiger charge is -2.36. The summed E-state index contributed by atoms with van der Waals surface area (Å²) in [6, 6.07) is 1.49. The summed E-state index contributed by atoms with van der Waals surface area (Å²) in [5.74, 6) is -1.81. The number of likely N-dealkylation sites (tertiary alicyclic amines) is 1. The van der Waals surface area contributed by atoms with E-state index in [-0.39, 0.29) is 19.4 Å². The summed E-state index contributed by atoms with van der Waals surface area (Å²) in [4.78, 5) is 60.2. The van der Waals surface area contributed by atoms with Crippen molar-refractivity contribution in [2.75, 3.05) is 6.54 Å². The number of carbonyl (C=O) groups is 4. The zero-order valence-corrected chi connectivity index (χ0v) is 29.5. The first kappa shape index (κ1) is 36.1. The van der Waals surface area contributed by atoms with E-state index in [1.165, 1.54) is 29.2 Å². The van der Waals surface area contributed by atoms with E-state index in [1.54, 1.807) is 47.7 Å². The highest BCUT2D eigenvalue weighted by Gasteiger charge is 2.48. The molecule has 3 N–H and O–H groups in total. The highest BCUT2D eigenvalue weighted by Crippen LogP contribution is 2.33. The first-order chi connectivity index (χ1) is 21.7. The number of aromatic nitrogens is 1. The second kappa shape index (κ2) is 13.4. The Hall–Kier alpha value is -3.72. The molecule has 4 rings (SSSR count). The van der Waals surface area contributed by atoms with Crippen LogP contribution in [0.1, 0.15) is 74.1 Å². The van der Waals surface area contributed by atoms with Gasteiger partial charge in [-0.15, -0.1) is 17.9 Å². The Bertz CT molecular complexity index is 1640. The van der Waals surface area contributed by atoms with Crippen LogP contribution in [0.25, 0.3) is 10.1 Å². The summed E-state index contributed by atoms with van der Waals surface area (Å²) in [5, 5.41) is 7.43. The molecule has 1 aliphatic heterocycles. The lowest BCUT2D eigenvalue weighted by atomic mass is 9.85. The Morgan fingerprint density at radius 3 is 2.40 bits per heavy atom. The third-order valence-corrected chi connectivity index (χ3v) is 10.6. The van der Waals surface area contributed by atoms with Crippen LogP contribution in [0.5, 0.6) is 5.88 Å². The molecule has 2 fully saturated rings. The van der Waals surface area contributed by atoms with Crippen molar-refractivity contribution in [2.45, 2.75) is 109 Å². The van der Waals surface area contributed by atoms with Gasteiger partial charge < -0.3 is 25.0 Å². The summed E-state index contributed by atoms with van der Waals surface area (Å²) in [5.41, 5.74) is -3.31. The number of rotatable bonds is 11. The van der Waals surface area contributed by atoms with E-state index >= 15 is 0 Å². The van der Waals surface area contributed by atoms with Gasteiger partial charge in [0, 0.05) is 17.3 Å². The molecule has 2 aromatic heterocycles. The number of ether oxygens (including phenoxy) is 2. The van der Waals surface area contributed by atoms with E-state index in [2.05, 4.69) is 26.9 Å². The molecule has 1 saturated heterocycles. The van der Waals surface area contributed by atoms with Gasteiger partial charge >= 0.3 is 6.09 Å². The molecule has 0 spiro atoms. The van der Waals surface area contributed by atoms with Crippen molar-refractivity contribution in [3.05, 3.63) is 36.4 Å². The Kier molecular flexibility index (Phi) is 10.3. The predicted octanol–water partition coefficient (Wildman–Crippen LogP) is 3.64. The van der Waals surface area contributed by atoms with Crippen molar-refractivity contribution < 1.29 is 37.1 Å². The molecule has 4 amide bonds. The second-order valence-corrected chi connectivity index (χ2v) is 17.3. The van der Waals surface area contributed by atoms with Gasteiger partial charge in [0.2, 0.25) is 27.7 Å². The van der Waals surface area contributed by atoms with E-state index in [1.807, 2.05) is 17.5 Å². The van der Waals surface area contributed by atoms with Gasteiger partial charge in [-0.1, -0.05) is 26.8 Å². The van der Waals surface area contributed by atoms with E-state index in [0.717, 1.165) is 10.1 Å². The summed E-state index contributed by atoms with van der Waals surface area (Å²) < 4.78 is 39.9. The number of carbonyl (C=O) groups excluding carboxylic acids is 4. The number of hydrogen-bond donors (Lipinski definition) is 3. The second-order valence-electron chi connectivity index (χ2n) is 14.4. The summed E-state index contributed by atoms with van der Waals surface area (Å²) in [6.45, 7) is 15.5. The van der Waals surface area contributed by atoms with Crippen molar-refractivity contribution in [2.24, 2.45) is 5.41 Å². The molecule has 1 saturated carbocycles. The van der Waals surface area contributed by atoms with Crippen LogP contribution in [-0.2, 0) is 29.1 Å². The van der Waals surface area contributed by atoms with E-state index < -0.39 is 73.8 Å². The van der Waals surface area contributed by atoms with Gasteiger partial charge in [-0.3, -0.25) is 19.1 Å².